The summed E-state index contributed by atoms with van der Waals surface area (Å²) in [4.78, 5) is 12.5. The summed E-state index contributed by atoms with van der Waals surface area (Å²) < 4.78 is 23.6. The van der Waals surface area contributed by atoms with Crippen LogP contribution >= 0.6 is 0 Å². The number of amides is 1. The van der Waals surface area contributed by atoms with Gasteiger partial charge >= 0.3 is 6.09 Å². The number of benzene rings is 3. The summed E-state index contributed by atoms with van der Waals surface area (Å²) in [5, 5.41) is 2.90. The standard InChI is InChI=1S/C43H63NO5/c1-4-5-6-7-8-9-10-11-12-13-14-15-16-17-18-25-34-44-42(45)48-35-41(47-3)36-49-43(37-26-21-19-22-27-37,38-28-23-20-24-29-38)39-30-32-40(46-2)33-31-39/h19-24,26-33,41H,4-18,25,34-36H2,1-3H3,(H,44,45). The van der Waals surface area contributed by atoms with Crippen LogP contribution in [0, 0.1) is 0 Å². The van der Waals surface area contributed by atoms with Crippen LogP contribution in [0.1, 0.15) is 126 Å². The van der Waals surface area contributed by atoms with Crippen LogP contribution in [0.15, 0.2) is 84.9 Å². The Labute approximate surface area is 297 Å². The first kappa shape index (κ1) is 40.1. The summed E-state index contributed by atoms with van der Waals surface area (Å²) in [5.41, 5.74) is 2.01. The van der Waals surface area contributed by atoms with E-state index in [9.17, 15) is 4.79 Å². The molecule has 0 spiro atoms. The highest BCUT2D eigenvalue weighted by molar-refractivity contribution is 5.67. The molecule has 1 unspecified atom stereocenters. The van der Waals surface area contributed by atoms with E-state index in [1.54, 1.807) is 14.2 Å². The van der Waals surface area contributed by atoms with Crippen LogP contribution in [0.3, 0.4) is 0 Å². The number of methoxy groups -OCH3 is 2. The largest absolute Gasteiger partial charge is 0.497 e. The zero-order chi connectivity index (χ0) is 34.8. The predicted molar refractivity (Wildman–Crippen MR) is 201 cm³/mol. The van der Waals surface area contributed by atoms with Crippen molar-refractivity contribution in [3.8, 4) is 5.75 Å². The molecule has 6 nitrogen and oxygen atoms in total. The van der Waals surface area contributed by atoms with E-state index in [1.165, 1.54) is 89.9 Å². The summed E-state index contributed by atoms with van der Waals surface area (Å²) >= 11 is 0. The van der Waals surface area contributed by atoms with Crippen molar-refractivity contribution in [1.29, 1.82) is 0 Å². The van der Waals surface area contributed by atoms with Gasteiger partial charge in [-0.3, -0.25) is 0 Å². The topological polar surface area (TPSA) is 66.0 Å². The number of unbranched alkanes of at least 4 members (excludes halogenated alkanes) is 15. The van der Waals surface area contributed by atoms with Crippen LogP contribution in [0.25, 0.3) is 0 Å². The Morgan fingerprint density at radius 3 is 1.49 bits per heavy atom. The molecule has 0 saturated carbocycles. The minimum atomic E-state index is -0.916. The van der Waals surface area contributed by atoms with Crippen molar-refractivity contribution in [1.82, 2.24) is 5.32 Å². The van der Waals surface area contributed by atoms with Crippen LogP contribution in [-0.2, 0) is 19.8 Å². The Hall–Kier alpha value is -3.35. The summed E-state index contributed by atoms with van der Waals surface area (Å²) in [6.45, 7) is 3.19. The van der Waals surface area contributed by atoms with Crippen molar-refractivity contribution in [2.24, 2.45) is 0 Å². The van der Waals surface area contributed by atoms with Gasteiger partial charge in [-0.1, -0.05) is 176 Å². The molecule has 3 rings (SSSR count). The molecule has 6 heteroatoms. The van der Waals surface area contributed by atoms with Crippen LogP contribution < -0.4 is 10.1 Å². The van der Waals surface area contributed by atoms with Gasteiger partial charge in [0.2, 0.25) is 0 Å². The number of alkyl carbamates (subject to hydrolysis) is 1. The fraction of sp³-hybridized carbons (Fsp3) is 0.558. The Balaban J connectivity index is 1.37. The predicted octanol–water partition coefficient (Wildman–Crippen LogP) is 11.0. The maximum Gasteiger partial charge on any atom is 0.407 e. The molecule has 0 aliphatic heterocycles. The third kappa shape index (κ3) is 14.6. The average Bonchev–Trinajstić information content (AvgIpc) is 3.15. The van der Waals surface area contributed by atoms with E-state index in [0.29, 0.717) is 6.54 Å². The molecule has 0 aliphatic rings. The van der Waals surface area contributed by atoms with Gasteiger partial charge in [0.15, 0.2) is 0 Å². The maximum atomic E-state index is 12.5. The Morgan fingerprint density at radius 1 is 0.592 bits per heavy atom. The molecule has 1 amide bonds. The van der Waals surface area contributed by atoms with Crippen molar-refractivity contribution < 1.29 is 23.7 Å². The number of carbonyl (C=O) groups is 1. The lowest BCUT2D eigenvalue weighted by molar-refractivity contribution is -0.0685. The molecule has 0 aliphatic carbocycles. The van der Waals surface area contributed by atoms with Crippen LogP contribution in [0.4, 0.5) is 4.79 Å². The lowest BCUT2D eigenvalue weighted by Crippen LogP contribution is -2.38. The van der Waals surface area contributed by atoms with Crippen LogP contribution in [0.5, 0.6) is 5.75 Å². The number of nitrogens with one attached hydrogen (secondary N) is 1. The molecule has 270 valence electrons. The zero-order valence-electron chi connectivity index (χ0n) is 30.6. The maximum absolute atomic E-state index is 12.5. The Kier molecular flexibility index (Phi) is 20.2. The highest BCUT2D eigenvalue weighted by atomic mass is 16.6. The van der Waals surface area contributed by atoms with Crippen LogP contribution in [-0.4, -0.2) is 46.2 Å². The second-order valence-corrected chi connectivity index (χ2v) is 13.1. The van der Waals surface area contributed by atoms with Crippen molar-refractivity contribution >= 4 is 6.09 Å². The summed E-state index contributed by atoms with van der Waals surface area (Å²) in [7, 11) is 3.28. The van der Waals surface area contributed by atoms with Gasteiger partial charge in [-0.2, -0.15) is 0 Å². The van der Waals surface area contributed by atoms with E-state index in [0.717, 1.165) is 35.3 Å². The molecule has 3 aromatic carbocycles. The minimum absolute atomic E-state index is 0.0869. The monoisotopic (exact) mass is 673 g/mol. The van der Waals surface area contributed by atoms with Gasteiger partial charge in [0.25, 0.3) is 0 Å². The van der Waals surface area contributed by atoms with E-state index in [2.05, 4.69) is 36.5 Å². The number of hydrogen-bond acceptors (Lipinski definition) is 5. The molecular formula is C43H63NO5. The summed E-state index contributed by atoms with van der Waals surface area (Å²) in [6, 6.07) is 28.3. The second kappa shape index (κ2) is 24.7. The Bertz CT molecular complexity index is 1190. The average molecular weight is 674 g/mol. The fourth-order valence-electron chi connectivity index (χ4n) is 6.41. The molecule has 0 aromatic heterocycles. The number of ether oxygens (including phenoxy) is 4. The molecule has 0 heterocycles. The van der Waals surface area contributed by atoms with Crippen molar-refractivity contribution in [2.75, 3.05) is 34.0 Å². The first-order valence-electron chi connectivity index (χ1n) is 19.0. The van der Waals surface area contributed by atoms with Crippen LogP contribution in [0.2, 0.25) is 0 Å². The molecule has 3 aromatic rings. The van der Waals surface area contributed by atoms with Gasteiger partial charge in [0.05, 0.1) is 13.7 Å². The molecule has 1 atom stereocenters. The summed E-state index contributed by atoms with van der Waals surface area (Å²) in [6.07, 6.45) is 20.4. The first-order chi connectivity index (χ1) is 24.1. The third-order valence-electron chi connectivity index (χ3n) is 9.38. The third-order valence-corrected chi connectivity index (χ3v) is 9.38. The smallest absolute Gasteiger partial charge is 0.407 e. The molecule has 0 radical (unpaired) electrons. The zero-order valence-corrected chi connectivity index (χ0v) is 30.6. The van der Waals surface area contributed by atoms with Gasteiger partial charge in [-0.15, -0.1) is 0 Å². The molecule has 1 N–H and O–H groups in total. The normalized spacial score (nSPS) is 12.1. The Morgan fingerprint density at radius 2 is 1.04 bits per heavy atom. The van der Waals surface area contributed by atoms with Gasteiger partial charge in [0.1, 0.15) is 24.1 Å². The summed E-state index contributed by atoms with van der Waals surface area (Å²) in [5.74, 6) is 0.771. The lowest BCUT2D eigenvalue weighted by Gasteiger charge is -2.37. The highest BCUT2D eigenvalue weighted by Crippen LogP contribution is 2.41. The second-order valence-electron chi connectivity index (χ2n) is 13.1. The minimum Gasteiger partial charge on any atom is -0.497 e. The molecule has 0 bridgehead atoms. The first-order valence-corrected chi connectivity index (χ1v) is 19.0. The molecule has 49 heavy (non-hydrogen) atoms. The number of hydrogen-bond donors (Lipinski definition) is 1. The molecular weight excluding hydrogens is 610 g/mol. The van der Waals surface area contributed by atoms with Gasteiger partial charge in [0, 0.05) is 13.7 Å². The van der Waals surface area contributed by atoms with Gasteiger partial charge in [-0.25, -0.2) is 4.79 Å². The highest BCUT2D eigenvalue weighted by Gasteiger charge is 2.38. The molecule has 0 saturated heterocycles. The fourth-order valence-corrected chi connectivity index (χ4v) is 6.41. The quantitative estimate of drug-likeness (QED) is 0.0644. The SMILES string of the molecule is CCCCCCCCCCCCCCCCCCNC(=O)OCC(COC(c1ccccc1)(c1ccccc1)c1ccc(OC)cc1)OC. The number of rotatable bonds is 27. The van der Waals surface area contributed by atoms with Gasteiger partial charge < -0.3 is 24.3 Å². The van der Waals surface area contributed by atoms with Crippen molar-refractivity contribution in [3.05, 3.63) is 102 Å². The number of carbonyl (C=O) groups excluding carboxylic acids is 1. The van der Waals surface area contributed by atoms with Gasteiger partial charge in [-0.05, 0) is 35.2 Å². The van der Waals surface area contributed by atoms with E-state index in [4.69, 9.17) is 18.9 Å². The van der Waals surface area contributed by atoms with E-state index < -0.39 is 17.8 Å². The van der Waals surface area contributed by atoms with E-state index >= 15 is 0 Å². The van der Waals surface area contributed by atoms with E-state index in [1.807, 2.05) is 60.7 Å². The van der Waals surface area contributed by atoms with E-state index in [-0.39, 0.29) is 13.2 Å². The lowest BCUT2D eigenvalue weighted by atomic mass is 9.80. The molecule has 0 fully saturated rings. The van der Waals surface area contributed by atoms with Crippen molar-refractivity contribution in [2.45, 2.75) is 121 Å². The van der Waals surface area contributed by atoms with Crippen molar-refractivity contribution in [3.63, 3.8) is 0 Å².